The fourth-order valence-corrected chi connectivity index (χ4v) is 3.02. The van der Waals surface area contributed by atoms with Gasteiger partial charge in [0.1, 0.15) is 0 Å². The predicted octanol–water partition coefficient (Wildman–Crippen LogP) is 5.57. The maximum atomic E-state index is 11.5. The van der Waals surface area contributed by atoms with E-state index in [-0.39, 0.29) is 5.91 Å². The highest BCUT2D eigenvalue weighted by molar-refractivity contribution is 5.75. The van der Waals surface area contributed by atoms with Crippen molar-refractivity contribution < 1.29 is 4.79 Å². The minimum atomic E-state index is 0.192. The Hall–Kier alpha value is -0.570. The van der Waals surface area contributed by atoms with Crippen molar-refractivity contribution in [3.05, 3.63) is 0 Å². The molecule has 144 valence electrons. The fraction of sp³-hybridized carbons (Fsp3) is 0.952. The second kappa shape index (κ2) is 18.8. The highest BCUT2D eigenvalue weighted by Crippen LogP contribution is 2.14. The summed E-state index contributed by atoms with van der Waals surface area (Å²) in [4.78, 5) is 11.5. The highest BCUT2D eigenvalue weighted by atomic mass is 16.1. The lowest BCUT2D eigenvalue weighted by atomic mass is 10.0. The number of hydrogen-bond acceptors (Lipinski definition) is 2. The largest absolute Gasteiger partial charge is 0.356 e. The van der Waals surface area contributed by atoms with Crippen LogP contribution in [0.1, 0.15) is 110 Å². The smallest absolute Gasteiger partial charge is 0.219 e. The average molecular weight is 341 g/mol. The average Bonchev–Trinajstić information content (AvgIpc) is 2.55. The number of nitrogens with one attached hydrogen (secondary N) is 1. The Morgan fingerprint density at radius 1 is 0.750 bits per heavy atom. The van der Waals surface area contributed by atoms with Crippen molar-refractivity contribution >= 4 is 5.91 Å². The van der Waals surface area contributed by atoms with Crippen LogP contribution in [0.3, 0.4) is 0 Å². The maximum absolute atomic E-state index is 11.5. The lowest BCUT2D eigenvalue weighted by Crippen LogP contribution is -2.25. The third-order valence-electron chi connectivity index (χ3n) is 4.64. The number of rotatable bonds is 18. The lowest BCUT2D eigenvalue weighted by Gasteiger charge is -2.05. The minimum Gasteiger partial charge on any atom is -0.356 e. The molecule has 3 N–H and O–H groups in total. The van der Waals surface area contributed by atoms with E-state index >= 15 is 0 Å². The molecule has 3 nitrogen and oxygen atoms in total. The first-order chi connectivity index (χ1) is 11.7. The van der Waals surface area contributed by atoms with Crippen molar-refractivity contribution in [3.63, 3.8) is 0 Å². The van der Waals surface area contributed by atoms with Crippen molar-refractivity contribution in [1.82, 2.24) is 5.32 Å². The molecule has 0 radical (unpaired) electrons. The molecule has 0 spiro atoms. The van der Waals surface area contributed by atoms with E-state index in [4.69, 9.17) is 5.73 Å². The van der Waals surface area contributed by atoms with Crippen LogP contribution in [0.5, 0.6) is 0 Å². The van der Waals surface area contributed by atoms with E-state index in [1.807, 2.05) is 0 Å². The molecule has 0 bridgehead atoms. The molecule has 0 aliphatic rings. The predicted molar refractivity (Wildman–Crippen MR) is 106 cm³/mol. The van der Waals surface area contributed by atoms with Gasteiger partial charge in [-0.1, -0.05) is 90.9 Å². The van der Waals surface area contributed by atoms with E-state index < -0.39 is 0 Å². The van der Waals surface area contributed by atoms with E-state index in [0.717, 1.165) is 25.3 Å². The Morgan fingerprint density at radius 3 is 1.67 bits per heavy atom. The summed E-state index contributed by atoms with van der Waals surface area (Å²) in [5, 5.41) is 2.91. The topological polar surface area (TPSA) is 55.1 Å². The molecule has 0 aliphatic carbocycles. The fourth-order valence-electron chi connectivity index (χ4n) is 3.02. The normalized spacial score (nSPS) is 11.2. The molecule has 0 aromatic heterocycles. The summed E-state index contributed by atoms with van der Waals surface area (Å²) < 4.78 is 0. The highest BCUT2D eigenvalue weighted by Gasteiger charge is 2.00. The van der Waals surface area contributed by atoms with Crippen LogP contribution in [-0.2, 0) is 4.79 Å². The zero-order chi connectivity index (χ0) is 17.9. The van der Waals surface area contributed by atoms with Crippen LogP contribution < -0.4 is 11.1 Å². The van der Waals surface area contributed by atoms with Crippen molar-refractivity contribution in [2.24, 2.45) is 11.7 Å². The second-order valence-corrected chi connectivity index (χ2v) is 7.67. The number of carbonyl (C=O) groups is 1. The zero-order valence-corrected chi connectivity index (χ0v) is 16.6. The second-order valence-electron chi connectivity index (χ2n) is 7.67. The Kier molecular flexibility index (Phi) is 18.3. The number of unbranched alkanes of at least 4 members (excludes halogenated alkanes) is 11. The van der Waals surface area contributed by atoms with Crippen LogP contribution in [-0.4, -0.2) is 19.0 Å². The van der Waals surface area contributed by atoms with Gasteiger partial charge in [0, 0.05) is 13.0 Å². The monoisotopic (exact) mass is 340 g/mol. The molecule has 0 aliphatic heterocycles. The van der Waals surface area contributed by atoms with Gasteiger partial charge in [-0.15, -0.1) is 0 Å². The van der Waals surface area contributed by atoms with Crippen molar-refractivity contribution in [2.75, 3.05) is 13.1 Å². The summed E-state index contributed by atoms with van der Waals surface area (Å²) in [6.07, 6.45) is 19.1. The van der Waals surface area contributed by atoms with Crippen molar-refractivity contribution in [3.8, 4) is 0 Å². The lowest BCUT2D eigenvalue weighted by molar-refractivity contribution is -0.121. The summed E-state index contributed by atoms with van der Waals surface area (Å²) in [6, 6.07) is 0. The quantitative estimate of drug-likeness (QED) is 0.320. The molecule has 3 heteroatoms. The van der Waals surface area contributed by atoms with Gasteiger partial charge in [0.25, 0.3) is 0 Å². The van der Waals surface area contributed by atoms with Crippen LogP contribution in [0, 0.1) is 5.92 Å². The van der Waals surface area contributed by atoms with Gasteiger partial charge < -0.3 is 11.1 Å². The first kappa shape index (κ1) is 23.4. The minimum absolute atomic E-state index is 0.192. The third kappa shape index (κ3) is 19.5. The first-order valence-electron chi connectivity index (χ1n) is 10.6. The van der Waals surface area contributed by atoms with Crippen LogP contribution in [0.15, 0.2) is 0 Å². The van der Waals surface area contributed by atoms with E-state index in [1.54, 1.807) is 0 Å². The van der Waals surface area contributed by atoms with Gasteiger partial charge in [-0.05, 0) is 25.3 Å². The molecular formula is C21H44N2O. The molecule has 1 amide bonds. The van der Waals surface area contributed by atoms with Crippen LogP contribution in [0.2, 0.25) is 0 Å². The van der Waals surface area contributed by atoms with Crippen LogP contribution in [0.25, 0.3) is 0 Å². The summed E-state index contributed by atoms with van der Waals surface area (Å²) >= 11 is 0. The summed E-state index contributed by atoms with van der Waals surface area (Å²) in [5.74, 6) is 1.06. The van der Waals surface area contributed by atoms with Crippen molar-refractivity contribution in [2.45, 2.75) is 110 Å². The number of amides is 1. The molecule has 0 aromatic carbocycles. The zero-order valence-electron chi connectivity index (χ0n) is 16.6. The van der Waals surface area contributed by atoms with Gasteiger partial charge >= 0.3 is 0 Å². The standard InChI is InChI=1S/C21H44N2O/c1-20(2)16-13-11-9-7-5-3-4-6-8-10-12-14-17-21(24)23-19-15-18-22/h20H,3-19,22H2,1-2H3,(H,23,24). The molecule has 24 heavy (non-hydrogen) atoms. The summed E-state index contributed by atoms with van der Waals surface area (Å²) in [7, 11) is 0. The SMILES string of the molecule is CC(C)CCCCCCCCCCCCCCC(=O)NCCCN. The maximum Gasteiger partial charge on any atom is 0.219 e. The number of nitrogens with two attached hydrogens (primary N) is 1. The van der Waals surface area contributed by atoms with Gasteiger partial charge in [-0.2, -0.15) is 0 Å². The van der Waals surface area contributed by atoms with Crippen LogP contribution >= 0.6 is 0 Å². The molecule has 0 saturated carbocycles. The Morgan fingerprint density at radius 2 is 1.21 bits per heavy atom. The molecule has 0 rings (SSSR count). The first-order valence-corrected chi connectivity index (χ1v) is 10.6. The van der Waals surface area contributed by atoms with E-state index in [0.29, 0.717) is 13.0 Å². The molecule has 0 heterocycles. The Bertz CT molecular complexity index is 267. The summed E-state index contributed by atoms with van der Waals surface area (Å²) in [6.45, 7) is 6.02. The van der Waals surface area contributed by atoms with Gasteiger partial charge in [0.15, 0.2) is 0 Å². The Balaban J connectivity index is 3.08. The molecule has 0 aromatic rings. The van der Waals surface area contributed by atoms with Gasteiger partial charge in [0.05, 0.1) is 0 Å². The van der Waals surface area contributed by atoms with E-state index in [2.05, 4.69) is 19.2 Å². The molecule has 0 unspecified atom stereocenters. The van der Waals surface area contributed by atoms with Gasteiger partial charge in [-0.3, -0.25) is 4.79 Å². The molecule has 0 atom stereocenters. The molecular weight excluding hydrogens is 296 g/mol. The Labute approximate surface area is 151 Å². The van der Waals surface area contributed by atoms with Gasteiger partial charge in [-0.25, -0.2) is 0 Å². The van der Waals surface area contributed by atoms with E-state index in [9.17, 15) is 4.79 Å². The molecule has 0 fully saturated rings. The van der Waals surface area contributed by atoms with E-state index in [1.165, 1.54) is 77.0 Å². The molecule has 0 saturated heterocycles. The van der Waals surface area contributed by atoms with Crippen LogP contribution in [0.4, 0.5) is 0 Å². The summed E-state index contributed by atoms with van der Waals surface area (Å²) in [5.41, 5.74) is 5.40. The third-order valence-corrected chi connectivity index (χ3v) is 4.64. The number of carbonyl (C=O) groups excluding carboxylic acids is 1. The number of hydrogen-bond donors (Lipinski definition) is 2. The van der Waals surface area contributed by atoms with Crippen molar-refractivity contribution in [1.29, 1.82) is 0 Å². The van der Waals surface area contributed by atoms with Gasteiger partial charge in [0.2, 0.25) is 5.91 Å².